The van der Waals surface area contributed by atoms with E-state index in [1.165, 1.54) is 0 Å². The van der Waals surface area contributed by atoms with E-state index in [1.807, 2.05) is 62.7 Å². The van der Waals surface area contributed by atoms with E-state index < -0.39 is 11.9 Å². The van der Waals surface area contributed by atoms with Gasteiger partial charge in [-0.2, -0.15) is 0 Å². The van der Waals surface area contributed by atoms with Crippen molar-refractivity contribution in [3.05, 3.63) is 58.9 Å². The Bertz CT molecular complexity index is 901. The molecule has 0 saturated carbocycles. The second kappa shape index (κ2) is 8.00. The van der Waals surface area contributed by atoms with Crippen LogP contribution in [0.4, 0.5) is 0 Å². The Morgan fingerprint density at radius 1 is 1.21 bits per heavy atom. The molecule has 1 saturated heterocycles. The maximum absolute atomic E-state index is 12.4. The summed E-state index contributed by atoms with van der Waals surface area (Å²) < 4.78 is 7.18. The van der Waals surface area contributed by atoms with Gasteiger partial charge in [0.05, 0.1) is 12.0 Å². The minimum atomic E-state index is -0.537. The lowest BCUT2D eigenvalue weighted by molar-refractivity contribution is -0.147. The number of amides is 1. The van der Waals surface area contributed by atoms with Crippen molar-refractivity contribution in [2.45, 2.75) is 33.2 Å². The second-order valence-corrected chi connectivity index (χ2v) is 7.41. The molecule has 1 amide bonds. The number of likely N-dealkylation sites (tertiary alicyclic amines) is 1. The van der Waals surface area contributed by atoms with Gasteiger partial charge in [0.2, 0.25) is 11.7 Å². The average molecular weight is 382 g/mol. The molecule has 0 bridgehead atoms. The highest BCUT2D eigenvalue weighted by Crippen LogP contribution is 2.29. The highest BCUT2D eigenvalue weighted by atomic mass is 16.5. The number of carbonyl (C=O) groups is 3. The molecule has 2 atom stereocenters. The summed E-state index contributed by atoms with van der Waals surface area (Å²) in [4.78, 5) is 38.9. The van der Waals surface area contributed by atoms with Gasteiger partial charge in [0, 0.05) is 37.0 Å². The number of ketones is 1. The van der Waals surface area contributed by atoms with E-state index in [4.69, 9.17) is 4.74 Å². The van der Waals surface area contributed by atoms with Gasteiger partial charge in [0.15, 0.2) is 6.61 Å². The van der Waals surface area contributed by atoms with Crippen LogP contribution in [0, 0.1) is 19.8 Å². The number of hydrogen-bond acceptors (Lipinski definition) is 4. The molecule has 28 heavy (non-hydrogen) atoms. The molecular weight excluding hydrogens is 356 g/mol. The smallest absolute Gasteiger partial charge is 0.311 e. The van der Waals surface area contributed by atoms with Crippen molar-refractivity contribution < 1.29 is 19.1 Å². The number of Topliss-reactive ketones (excluding diaryl/α,β-unsaturated/α-hetero) is 1. The van der Waals surface area contributed by atoms with Gasteiger partial charge < -0.3 is 14.2 Å². The van der Waals surface area contributed by atoms with Gasteiger partial charge in [0.25, 0.3) is 0 Å². The van der Waals surface area contributed by atoms with E-state index in [9.17, 15) is 14.4 Å². The molecule has 148 valence electrons. The quantitative estimate of drug-likeness (QED) is 0.569. The van der Waals surface area contributed by atoms with Gasteiger partial charge in [-0.3, -0.25) is 14.4 Å². The first-order chi connectivity index (χ1) is 13.3. The molecule has 3 rings (SSSR count). The standard InChI is InChI=1S/C22H26N2O4/c1-14-10-19(16(3)23(14)4)20(25)13-28-22(27)18-11-21(26)24(12-18)15(2)17-8-6-5-7-9-17/h5-10,15,18H,11-13H2,1-4H3/t15-,18+/m0/s1. The van der Waals surface area contributed by atoms with Gasteiger partial charge >= 0.3 is 5.97 Å². The van der Waals surface area contributed by atoms with Gasteiger partial charge in [-0.25, -0.2) is 0 Å². The zero-order chi connectivity index (χ0) is 20.4. The highest BCUT2D eigenvalue weighted by Gasteiger charge is 2.38. The third-order valence-electron chi connectivity index (χ3n) is 5.66. The number of aryl methyl sites for hydroxylation is 1. The SMILES string of the molecule is Cc1cc(C(=O)COC(=O)[C@@H]2CC(=O)N([C@@H](C)c3ccccc3)C2)c(C)n1C. The van der Waals surface area contributed by atoms with Crippen LogP contribution in [-0.2, 0) is 21.4 Å². The van der Waals surface area contributed by atoms with Crippen LogP contribution in [0.1, 0.15) is 46.7 Å². The summed E-state index contributed by atoms with van der Waals surface area (Å²) in [5, 5.41) is 0. The van der Waals surface area contributed by atoms with Crippen molar-refractivity contribution in [1.82, 2.24) is 9.47 Å². The van der Waals surface area contributed by atoms with Gasteiger partial charge in [0.1, 0.15) is 0 Å². The fourth-order valence-corrected chi connectivity index (χ4v) is 3.65. The van der Waals surface area contributed by atoms with Crippen LogP contribution in [-0.4, -0.2) is 40.3 Å². The van der Waals surface area contributed by atoms with Crippen molar-refractivity contribution in [2.75, 3.05) is 13.2 Å². The highest BCUT2D eigenvalue weighted by molar-refractivity contribution is 5.99. The van der Waals surface area contributed by atoms with Crippen molar-refractivity contribution in [3.8, 4) is 0 Å². The lowest BCUT2D eigenvalue weighted by Crippen LogP contribution is -2.30. The van der Waals surface area contributed by atoms with Gasteiger partial charge in [-0.1, -0.05) is 30.3 Å². The van der Waals surface area contributed by atoms with Crippen LogP contribution < -0.4 is 0 Å². The van der Waals surface area contributed by atoms with E-state index in [1.54, 1.807) is 11.0 Å². The van der Waals surface area contributed by atoms with E-state index in [0.29, 0.717) is 12.1 Å². The van der Waals surface area contributed by atoms with Crippen molar-refractivity contribution >= 4 is 17.7 Å². The Morgan fingerprint density at radius 2 is 1.89 bits per heavy atom. The third-order valence-corrected chi connectivity index (χ3v) is 5.66. The molecule has 2 aromatic rings. The maximum atomic E-state index is 12.4. The lowest BCUT2D eigenvalue weighted by Gasteiger charge is -2.25. The average Bonchev–Trinajstić information content (AvgIpc) is 3.21. The molecule has 1 aliphatic rings. The molecule has 0 spiro atoms. The lowest BCUT2D eigenvalue weighted by atomic mass is 10.1. The minimum absolute atomic E-state index is 0.0702. The molecule has 6 nitrogen and oxygen atoms in total. The normalized spacial score (nSPS) is 17.6. The van der Waals surface area contributed by atoms with Crippen LogP contribution >= 0.6 is 0 Å². The van der Waals surface area contributed by atoms with Crippen LogP contribution in [0.2, 0.25) is 0 Å². The van der Waals surface area contributed by atoms with Gasteiger partial charge in [-0.05, 0) is 32.4 Å². The van der Waals surface area contributed by atoms with Crippen LogP contribution in [0.25, 0.3) is 0 Å². The summed E-state index contributed by atoms with van der Waals surface area (Å²) >= 11 is 0. The predicted molar refractivity (Wildman–Crippen MR) is 105 cm³/mol. The van der Waals surface area contributed by atoms with Crippen LogP contribution in [0.3, 0.4) is 0 Å². The number of esters is 1. The summed E-state index contributed by atoms with van der Waals surface area (Å²) in [7, 11) is 1.89. The second-order valence-electron chi connectivity index (χ2n) is 7.41. The first-order valence-electron chi connectivity index (χ1n) is 9.46. The number of hydrogen-bond donors (Lipinski definition) is 0. The van der Waals surface area contributed by atoms with E-state index in [2.05, 4.69) is 0 Å². The van der Waals surface area contributed by atoms with Gasteiger partial charge in [-0.15, -0.1) is 0 Å². The van der Waals surface area contributed by atoms with E-state index in [0.717, 1.165) is 17.0 Å². The topological polar surface area (TPSA) is 68.6 Å². The van der Waals surface area contributed by atoms with E-state index in [-0.39, 0.29) is 30.8 Å². The number of aromatic nitrogens is 1. The molecule has 1 aromatic carbocycles. The van der Waals surface area contributed by atoms with Crippen LogP contribution in [0.5, 0.6) is 0 Å². The summed E-state index contributed by atoms with van der Waals surface area (Å²) in [6.07, 6.45) is 0.119. The number of ether oxygens (including phenoxy) is 1. The summed E-state index contributed by atoms with van der Waals surface area (Å²) in [6, 6.07) is 11.4. The van der Waals surface area contributed by atoms with Crippen molar-refractivity contribution in [1.29, 1.82) is 0 Å². The largest absolute Gasteiger partial charge is 0.457 e. The fraction of sp³-hybridized carbons (Fsp3) is 0.409. The Labute approximate surface area is 165 Å². The molecule has 1 aliphatic heterocycles. The Kier molecular flexibility index (Phi) is 5.68. The number of benzene rings is 1. The summed E-state index contributed by atoms with van der Waals surface area (Å²) in [6.45, 7) is 5.74. The van der Waals surface area contributed by atoms with E-state index >= 15 is 0 Å². The zero-order valence-electron chi connectivity index (χ0n) is 16.8. The predicted octanol–water partition coefficient (Wildman–Crippen LogP) is 2.98. The van der Waals surface area contributed by atoms with Crippen LogP contribution in [0.15, 0.2) is 36.4 Å². The minimum Gasteiger partial charge on any atom is -0.457 e. The molecule has 0 radical (unpaired) electrons. The molecule has 2 heterocycles. The number of carbonyl (C=O) groups excluding carboxylic acids is 3. The molecule has 0 N–H and O–H groups in total. The molecule has 0 aliphatic carbocycles. The number of nitrogens with zero attached hydrogens (tertiary/aromatic N) is 2. The first-order valence-corrected chi connectivity index (χ1v) is 9.46. The molecule has 0 unspecified atom stereocenters. The molecule has 6 heteroatoms. The Morgan fingerprint density at radius 3 is 2.50 bits per heavy atom. The fourth-order valence-electron chi connectivity index (χ4n) is 3.65. The monoisotopic (exact) mass is 382 g/mol. The molecular formula is C22H26N2O4. The third kappa shape index (κ3) is 3.86. The van der Waals surface area contributed by atoms with Crippen molar-refractivity contribution in [2.24, 2.45) is 13.0 Å². The Hall–Kier alpha value is -2.89. The summed E-state index contributed by atoms with van der Waals surface area (Å²) in [5.74, 6) is -1.33. The first kappa shape index (κ1) is 19.9. The Balaban J connectivity index is 1.59. The summed E-state index contributed by atoms with van der Waals surface area (Å²) in [5.41, 5.74) is 3.40. The van der Waals surface area contributed by atoms with Crippen molar-refractivity contribution in [3.63, 3.8) is 0 Å². The zero-order valence-corrected chi connectivity index (χ0v) is 16.8. The maximum Gasteiger partial charge on any atom is 0.311 e. The number of rotatable bonds is 6. The molecule has 1 fully saturated rings. The molecule has 1 aromatic heterocycles.